The molecule has 8 heteroatoms. The zero-order valence-corrected chi connectivity index (χ0v) is 17.5. The Labute approximate surface area is 177 Å². The van der Waals surface area contributed by atoms with Gasteiger partial charge in [0.05, 0.1) is 13.0 Å². The van der Waals surface area contributed by atoms with Gasteiger partial charge in [-0.1, -0.05) is 18.6 Å². The Hall–Kier alpha value is -2.19. The van der Waals surface area contributed by atoms with Gasteiger partial charge in [-0.3, -0.25) is 24.3 Å². The van der Waals surface area contributed by atoms with Crippen molar-refractivity contribution >= 4 is 11.8 Å². The van der Waals surface area contributed by atoms with Crippen LogP contribution in [0.1, 0.15) is 24.8 Å². The third-order valence-corrected chi connectivity index (χ3v) is 6.68. The van der Waals surface area contributed by atoms with E-state index in [1.54, 1.807) is 12.1 Å². The van der Waals surface area contributed by atoms with Gasteiger partial charge in [0, 0.05) is 62.9 Å². The molecule has 0 bridgehead atoms. The van der Waals surface area contributed by atoms with Crippen LogP contribution in [0, 0.1) is 0 Å². The van der Waals surface area contributed by atoms with Crippen LogP contribution in [-0.4, -0.2) is 96.4 Å². The molecule has 2 saturated heterocycles. The SMILES string of the molecule is O=C(Cc1cccc(OF)c1)N1CCN(CC(=O)N2CCN(C3CCC3)CC2)CC1. The van der Waals surface area contributed by atoms with E-state index in [0.717, 1.165) is 37.8 Å². The van der Waals surface area contributed by atoms with Crippen molar-refractivity contribution in [2.45, 2.75) is 31.7 Å². The summed E-state index contributed by atoms with van der Waals surface area (Å²) in [5.74, 6) is 0.326. The van der Waals surface area contributed by atoms with Gasteiger partial charge in [-0.25, -0.2) is 0 Å². The number of carbonyl (C=O) groups is 2. The largest absolute Gasteiger partial charge is 0.340 e. The summed E-state index contributed by atoms with van der Waals surface area (Å²) in [7, 11) is 0. The summed E-state index contributed by atoms with van der Waals surface area (Å²) in [6.07, 6.45) is 4.19. The quantitative estimate of drug-likeness (QED) is 0.698. The van der Waals surface area contributed by atoms with Crippen molar-refractivity contribution in [3.05, 3.63) is 29.8 Å². The molecule has 1 aromatic carbocycles. The van der Waals surface area contributed by atoms with Gasteiger partial charge in [-0.2, -0.15) is 0 Å². The lowest BCUT2D eigenvalue weighted by Gasteiger charge is -2.43. The number of piperazine rings is 2. The maximum atomic E-state index is 12.7. The fourth-order valence-electron chi connectivity index (χ4n) is 4.52. The van der Waals surface area contributed by atoms with Crippen molar-refractivity contribution < 1.29 is 19.1 Å². The summed E-state index contributed by atoms with van der Waals surface area (Å²) in [6, 6.07) is 7.27. The number of hydrogen-bond acceptors (Lipinski definition) is 5. The lowest BCUT2D eigenvalue weighted by molar-refractivity contribution is -0.136. The molecule has 2 heterocycles. The molecule has 0 spiro atoms. The van der Waals surface area contributed by atoms with Crippen LogP contribution in [-0.2, 0) is 16.0 Å². The highest BCUT2D eigenvalue weighted by Gasteiger charge is 2.30. The van der Waals surface area contributed by atoms with Gasteiger partial charge in [0.1, 0.15) is 0 Å². The predicted molar refractivity (Wildman–Crippen MR) is 111 cm³/mol. The second kappa shape index (κ2) is 9.75. The highest BCUT2D eigenvalue weighted by atomic mass is 19.3. The van der Waals surface area contributed by atoms with Crippen LogP contribution in [0.4, 0.5) is 4.53 Å². The lowest BCUT2D eigenvalue weighted by Crippen LogP contribution is -2.56. The number of amides is 2. The maximum absolute atomic E-state index is 12.7. The second-order valence-electron chi connectivity index (χ2n) is 8.56. The monoisotopic (exact) mass is 418 g/mol. The molecule has 164 valence electrons. The first kappa shape index (κ1) is 21.1. The minimum Gasteiger partial charge on any atom is -0.340 e. The zero-order chi connectivity index (χ0) is 20.9. The van der Waals surface area contributed by atoms with E-state index in [1.165, 1.54) is 31.4 Å². The lowest BCUT2D eigenvalue weighted by atomic mass is 9.91. The van der Waals surface area contributed by atoms with E-state index >= 15 is 0 Å². The highest BCUT2D eigenvalue weighted by Crippen LogP contribution is 2.25. The summed E-state index contributed by atoms with van der Waals surface area (Å²) in [4.78, 5) is 37.5. The molecule has 4 rings (SSSR count). The number of carbonyl (C=O) groups excluding carboxylic acids is 2. The molecule has 7 nitrogen and oxygen atoms in total. The number of nitrogens with zero attached hydrogens (tertiary/aromatic N) is 4. The van der Waals surface area contributed by atoms with E-state index < -0.39 is 0 Å². The number of benzene rings is 1. The average Bonchev–Trinajstić information content (AvgIpc) is 2.73. The third kappa shape index (κ3) is 5.10. The number of hydrogen-bond donors (Lipinski definition) is 0. The molecule has 1 saturated carbocycles. The average molecular weight is 419 g/mol. The fraction of sp³-hybridized carbons (Fsp3) is 0.636. The van der Waals surface area contributed by atoms with Crippen LogP contribution in [0.15, 0.2) is 24.3 Å². The van der Waals surface area contributed by atoms with E-state index in [9.17, 15) is 14.1 Å². The molecule has 0 aromatic heterocycles. The zero-order valence-electron chi connectivity index (χ0n) is 17.5. The Morgan fingerprint density at radius 3 is 2.23 bits per heavy atom. The Kier molecular flexibility index (Phi) is 6.84. The van der Waals surface area contributed by atoms with Crippen molar-refractivity contribution in [1.29, 1.82) is 0 Å². The predicted octanol–water partition coefficient (Wildman–Crippen LogP) is 1.33. The summed E-state index contributed by atoms with van der Waals surface area (Å²) < 4.78 is 12.3. The second-order valence-corrected chi connectivity index (χ2v) is 8.56. The molecular formula is C22H31FN4O3. The highest BCUT2D eigenvalue weighted by molar-refractivity contribution is 5.79. The Morgan fingerprint density at radius 1 is 0.933 bits per heavy atom. The van der Waals surface area contributed by atoms with Crippen molar-refractivity contribution in [3.63, 3.8) is 0 Å². The van der Waals surface area contributed by atoms with Gasteiger partial charge >= 0.3 is 0 Å². The van der Waals surface area contributed by atoms with E-state index in [-0.39, 0.29) is 24.0 Å². The van der Waals surface area contributed by atoms with Crippen LogP contribution in [0.5, 0.6) is 5.75 Å². The fourth-order valence-corrected chi connectivity index (χ4v) is 4.52. The molecule has 3 fully saturated rings. The number of rotatable bonds is 6. The first-order valence-corrected chi connectivity index (χ1v) is 11.0. The normalized spacial score (nSPS) is 21.4. The maximum Gasteiger partial charge on any atom is 0.236 e. The van der Waals surface area contributed by atoms with Crippen molar-refractivity contribution in [2.75, 3.05) is 58.9 Å². The summed E-state index contributed by atoms with van der Waals surface area (Å²) in [6.45, 7) is 6.70. The Balaban J connectivity index is 1.18. The molecule has 30 heavy (non-hydrogen) atoms. The van der Waals surface area contributed by atoms with E-state index in [2.05, 4.69) is 14.7 Å². The number of halogens is 1. The standard InChI is InChI=1S/C22H31FN4O3/c23-30-20-6-1-3-18(15-20)16-21(28)26-9-7-24(8-10-26)17-22(29)27-13-11-25(12-14-27)19-4-2-5-19/h1,3,6,15,19H,2,4-5,7-14,16-17H2. The van der Waals surface area contributed by atoms with Crippen LogP contribution >= 0.6 is 0 Å². The Morgan fingerprint density at radius 2 is 1.60 bits per heavy atom. The molecule has 2 amide bonds. The van der Waals surface area contributed by atoms with E-state index in [4.69, 9.17) is 0 Å². The molecule has 1 aromatic rings. The van der Waals surface area contributed by atoms with Gasteiger partial charge in [0.2, 0.25) is 11.8 Å². The van der Waals surface area contributed by atoms with Crippen LogP contribution < -0.4 is 4.94 Å². The molecular weight excluding hydrogens is 387 g/mol. The molecule has 0 unspecified atom stereocenters. The molecule has 0 N–H and O–H groups in total. The first-order valence-electron chi connectivity index (χ1n) is 11.0. The van der Waals surface area contributed by atoms with Crippen LogP contribution in [0.25, 0.3) is 0 Å². The topological polar surface area (TPSA) is 56.3 Å². The smallest absolute Gasteiger partial charge is 0.236 e. The van der Waals surface area contributed by atoms with Gasteiger partial charge < -0.3 is 9.80 Å². The van der Waals surface area contributed by atoms with Gasteiger partial charge in [-0.05, 0) is 30.5 Å². The minimum absolute atomic E-state index is 0.0177. The molecule has 3 aliphatic rings. The van der Waals surface area contributed by atoms with Crippen molar-refractivity contribution in [1.82, 2.24) is 19.6 Å². The van der Waals surface area contributed by atoms with Crippen molar-refractivity contribution in [3.8, 4) is 5.75 Å². The molecule has 1 aliphatic carbocycles. The molecule has 0 radical (unpaired) electrons. The Bertz CT molecular complexity index is 742. The summed E-state index contributed by atoms with van der Waals surface area (Å²) in [5, 5.41) is 0. The van der Waals surface area contributed by atoms with Gasteiger partial charge in [0.15, 0.2) is 5.75 Å². The first-order chi connectivity index (χ1) is 14.6. The van der Waals surface area contributed by atoms with E-state index in [1.807, 2.05) is 9.80 Å². The molecule has 2 aliphatic heterocycles. The van der Waals surface area contributed by atoms with Gasteiger partial charge in [-0.15, -0.1) is 0 Å². The van der Waals surface area contributed by atoms with E-state index in [0.29, 0.717) is 32.7 Å². The van der Waals surface area contributed by atoms with Crippen LogP contribution in [0.2, 0.25) is 0 Å². The van der Waals surface area contributed by atoms with Crippen LogP contribution in [0.3, 0.4) is 0 Å². The summed E-state index contributed by atoms with van der Waals surface area (Å²) >= 11 is 0. The minimum atomic E-state index is 0.0177. The summed E-state index contributed by atoms with van der Waals surface area (Å²) in [5.41, 5.74) is 0.730. The molecule has 0 atom stereocenters. The van der Waals surface area contributed by atoms with Crippen molar-refractivity contribution in [2.24, 2.45) is 0 Å². The van der Waals surface area contributed by atoms with Gasteiger partial charge in [0.25, 0.3) is 0 Å². The third-order valence-electron chi connectivity index (χ3n) is 6.68.